The average Bonchev–Trinajstić information content (AvgIpc) is 3.49. The van der Waals surface area contributed by atoms with Crippen LogP contribution in [0, 0.1) is 5.41 Å². The highest BCUT2D eigenvalue weighted by Crippen LogP contribution is 2.51. The van der Waals surface area contributed by atoms with Gasteiger partial charge < -0.3 is 20.7 Å². The average molecular weight is 455 g/mol. The van der Waals surface area contributed by atoms with Crippen LogP contribution in [0.3, 0.4) is 0 Å². The largest absolute Gasteiger partial charge is 0.379 e. The molecule has 2 saturated heterocycles. The van der Waals surface area contributed by atoms with Gasteiger partial charge in [0.15, 0.2) is 0 Å². The van der Waals surface area contributed by atoms with E-state index < -0.39 is 5.66 Å². The van der Waals surface area contributed by atoms with E-state index in [0.717, 1.165) is 80.6 Å². The molecule has 2 aromatic heterocycles. The Morgan fingerprint density at radius 3 is 2.66 bits per heavy atom. The van der Waals surface area contributed by atoms with Crippen molar-refractivity contribution in [3.05, 3.63) is 16.0 Å². The topological polar surface area (TPSA) is 79.0 Å². The third kappa shape index (κ3) is 3.43. The molecule has 1 atom stereocenters. The Kier molecular flexibility index (Phi) is 4.98. The molecule has 1 unspecified atom stereocenters. The summed E-state index contributed by atoms with van der Waals surface area (Å²) in [7, 11) is 0. The molecule has 8 heteroatoms. The van der Waals surface area contributed by atoms with Gasteiger partial charge in [0.05, 0.1) is 30.1 Å². The molecular formula is C24H34N6OS. The van der Waals surface area contributed by atoms with Gasteiger partial charge in [-0.15, -0.1) is 11.3 Å². The number of aliphatic imine (C=N–C) groups is 1. The first-order chi connectivity index (χ1) is 15.4. The van der Waals surface area contributed by atoms with Crippen LogP contribution < -0.4 is 16.0 Å². The lowest BCUT2D eigenvalue weighted by Gasteiger charge is -2.32. The van der Waals surface area contributed by atoms with Gasteiger partial charge in [0.25, 0.3) is 0 Å². The Labute approximate surface area is 194 Å². The van der Waals surface area contributed by atoms with E-state index in [1.54, 1.807) is 11.3 Å². The number of morpholine rings is 1. The Balaban J connectivity index is 1.42. The van der Waals surface area contributed by atoms with Crippen molar-refractivity contribution < 1.29 is 4.74 Å². The van der Waals surface area contributed by atoms with Crippen LogP contribution in [-0.4, -0.2) is 62.2 Å². The number of nitrogens with zero attached hydrogens (tertiary/aromatic N) is 4. The molecule has 2 aromatic rings. The highest BCUT2D eigenvalue weighted by Gasteiger charge is 2.40. The van der Waals surface area contributed by atoms with Crippen LogP contribution >= 0.6 is 11.3 Å². The first-order valence-corrected chi connectivity index (χ1v) is 12.9. The van der Waals surface area contributed by atoms with Crippen molar-refractivity contribution in [1.82, 2.24) is 9.88 Å². The number of aromatic nitrogens is 1. The highest BCUT2D eigenvalue weighted by atomic mass is 32.1. The van der Waals surface area contributed by atoms with E-state index in [4.69, 9.17) is 20.4 Å². The molecule has 32 heavy (non-hydrogen) atoms. The molecule has 172 valence electrons. The Hall–Kier alpha value is -1.74. The van der Waals surface area contributed by atoms with Crippen LogP contribution in [0.15, 0.2) is 4.99 Å². The minimum absolute atomic E-state index is 0.264. The highest BCUT2D eigenvalue weighted by molar-refractivity contribution is 7.19. The number of thiophene rings is 1. The molecular weight excluding hydrogens is 420 g/mol. The van der Waals surface area contributed by atoms with Crippen molar-refractivity contribution in [2.24, 2.45) is 16.1 Å². The molecule has 2 fully saturated rings. The van der Waals surface area contributed by atoms with Crippen molar-refractivity contribution >= 4 is 39.4 Å². The molecule has 0 bridgehead atoms. The van der Waals surface area contributed by atoms with Crippen molar-refractivity contribution in [2.75, 3.05) is 56.2 Å². The summed E-state index contributed by atoms with van der Waals surface area (Å²) in [5.41, 5.74) is 10.7. The van der Waals surface area contributed by atoms with Crippen LogP contribution in [0.1, 0.15) is 49.1 Å². The maximum Gasteiger partial charge on any atom is 0.148 e. The van der Waals surface area contributed by atoms with Crippen LogP contribution in [0.2, 0.25) is 0 Å². The van der Waals surface area contributed by atoms with Gasteiger partial charge >= 0.3 is 0 Å². The minimum Gasteiger partial charge on any atom is -0.379 e. The number of anilines is 2. The summed E-state index contributed by atoms with van der Waals surface area (Å²) in [6.07, 6.45) is 7.34. The van der Waals surface area contributed by atoms with Crippen molar-refractivity contribution in [2.45, 2.75) is 51.6 Å². The standard InChI is InChI=1S/C24H34N6OS/c1-23(2)13-16-17(14-23)21(30-6-3-4-7-30)28-22-18(16)19-20(32-22)24(25,27-15-26-19)5-8-29-9-11-31-12-10-29/h15H,3-14,25H2,1-2H3,(H,26,27). The van der Waals surface area contributed by atoms with E-state index >= 15 is 0 Å². The zero-order valence-corrected chi connectivity index (χ0v) is 20.1. The summed E-state index contributed by atoms with van der Waals surface area (Å²) >= 11 is 1.75. The molecule has 1 aliphatic carbocycles. The third-order valence-corrected chi connectivity index (χ3v) is 8.81. The second kappa shape index (κ2) is 7.65. The lowest BCUT2D eigenvalue weighted by atomic mass is 9.90. The van der Waals surface area contributed by atoms with Gasteiger partial charge in [-0.1, -0.05) is 13.8 Å². The fourth-order valence-electron chi connectivity index (χ4n) is 5.86. The lowest BCUT2D eigenvalue weighted by Crippen LogP contribution is -2.43. The van der Waals surface area contributed by atoms with Gasteiger partial charge in [-0.25, -0.2) is 9.98 Å². The maximum absolute atomic E-state index is 6.99. The summed E-state index contributed by atoms with van der Waals surface area (Å²) in [4.78, 5) is 17.2. The number of ether oxygens (including phenoxy) is 1. The molecule has 6 rings (SSSR count). The van der Waals surface area contributed by atoms with E-state index in [0.29, 0.717) is 0 Å². The number of rotatable bonds is 4. The fraction of sp³-hybridized carbons (Fsp3) is 0.667. The Morgan fingerprint density at radius 1 is 1.12 bits per heavy atom. The zero-order valence-electron chi connectivity index (χ0n) is 19.2. The van der Waals surface area contributed by atoms with Gasteiger partial charge in [-0.3, -0.25) is 4.90 Å². The predicted octanol–water partition coefficient (Wildman–Crippen LogP) is 3.31. The SMILES string of the molecule is CC1(C)Cc2c(N3CCCC3)nc3sc4c(c3c2C1)NC=NC4(N)CCN1CCOCC1. The molecule has 3 N–H and O–H groups in total. The smallest absolute Gasteiger partial charge is 0.148 e. The second-order valence-corrected chi connectivity index (χ2v) is 11.6. The normalized spacial score (nSPS) is 27.0. The Morgan fingerprint density at radius 2 is 1.88 bits per heavy atom. The number of pyridine rings is 1. The van der Waals surface area contributed by atoms with E-state index in [1.807, 2.05) is 6.34 Å². The lowest BCUT2D eigenvalue weighted by molar-refractivity contribution is 0.0346. The molecule has 4 aliphatic rings. The van der Waals surface area contributed by atoms with E-state index in [-0.39, 0.29) is 5.41 Å². The number of hydrogen-bond acceptors (Lipinski definition) is 8. The van der Waals surface area contributed by atoms with E-state index in [1.165, 1.54) is 35.2 Å². The van der Waals surface area contributed by atoms with Crippen molar-refractivity contribution in [3.8, 4) is 0 Å². The van der Waals surface area contributed by atoms with Gasteiger partial charge in [0, 0.05) is 44.5 Å². The number of fused-ring (bicyclic) bond motifs is 5. The summed E-state index contributed by atoms with van der Waals surface area (Å²) < 4.78 is 5.50. The number of nitrogens with two attached hydrogens (primary N) is 1. The molecule has 3 aliphatic heterocycles. The number of nitrogens with one attached hydrogen (secondary N) is 1. The summed E-state index contributed by atoms with van der Waals surface area (Å²) in [6.45, 7) is 11.5. The first kappa shape index (κ1) is 20.8. The predicted molar refractivity (Wildman–Crippen MR) is 132 cm³/mol. The molecule has 5 heterocycles. The monoisotopic (exact) mass is 454 g/mol. The fourth-order valence-corrected chi connectivity index (χ4v) is 7.11. The molecule has 7 nitrogen and oxygen atoms in total. The quantitative estimate of drug-likeness (QED) is 0.738. The summed E-state index contributed by atoms with van der Waals surface area (Å²) in [6, 6.07) is 0. The maximum atomic E-state index is 6.99. The minimum atomic E-state index is -0.695. The summed E-state index contributed by atoms with van der Waals surface area (Å²) in [5.74, 6) is 1.23. The second-order valence-electron chi connectivity index (χ2n) is 10.6. The number of hydrogen-bond donors (Lipinski definition) is 2. The molecule has 0 amide bonds. The van der Waals surface area contributed by atoms with Gasteiger partial charge in [-0.05, 0) is 42.2 Å². The molecule has 0 spiro atoms. The Bertz CT molecular complexity index is 1070. The van der Waals surface area contributed by atoms with Crippen LogP contribution in [-0.2, 0) is 23.2 Å². The van der Waals surface area contributed by atoms with Crippen molar-refractivity contribution in [3.63, 3.8) is 0 Å². The first-order valence-electron chi connectivity index (χ1n) is 12.1. The summed E-state index contributed by atoms with van der Waals surface area (Å²) in [5, 5.41) is 4.77. The van der Waals surface area contributed by atoms with Gasteiger partial charge in [-0.2, -0.15) is 0 Å². The molecule has 0 radical (unpaired) electrons. The van der Waals surface area contributed by atoms with Gasteiger partial charge in [0.2, 0.25) is 0 Å². The van der Waals surface area contributed by atoms with Crippen molar-refractivity contribution in [1.29, 1.82) is 0 Å². The zero-order chi connectivity index (χ0) is 21.9. The van der Waals surface area contributed by atoms with E-state index in [2.05, 4.69) is 29.0 Å². The van der Waals surface area contributed by atoms with Gasteiger partial charge in [0.1, 0.15) is 16.3 Å². The molecule has 0 saturated carbocycles. The third-order valence-electron chi connectivity index (χ3n) is 7.56. The van der Waals surface area contributed by atoms with Crippen LogP contribution in [0.4, 0.5) is 11.5 Å². The van der Waals surface area contributed by atoms with Crippen LogP contribution in [0.25, 0.3) is 10.2 Å². The van der Waals surface area contributed by atoms with E-state index in [9.17, 15) is 0 Å². The van der Waals surface area contributed by atoms with Crippen LogP contribution in [0.5, 0.6) is 0 Å². The molecule has 0 aromatic carbocycles.